The van der Waals surface area contributed by atoms with E-state index in [1.807, 2.05) is 11.8 Å². The number of rotatable bonds is 5. The van der Waals surface area contributed by atoms with Gasteiger partial charge in [-0.1, -0.05) is 18.2 Å². The number of nitrogens with one attached hydrogen (secondary N) is 1. The minimum Gasteiger partial charge on any atom is -0.459 e. The van der Waals surface area contributed by atoms with Crippen molar-refractivity contribution in [1.82, 2.24) is 15.1 Å². The fourth-order valence-corrected chi connectivity index (χ4v) is 3.01. The summed E-state index contributed by atoms with van der Waals surface area (Å²) >= 11 is 0. The number of piperazine rings is 1. The minimum atomic E-state index is -0.345. The summed E-state index contributed by atoms with van der Waals surface area (Å²) in [6.07, 6.45) is 1.48. The molecule has 2 aromatic rings. The molecule has 0 radical (unpaired) electrons. The van der Waals surface area contributed by atoms with Gasteiger partial charge in [-0.2, -0.15) is 0 Å². The van der Waals surface area contributed by atoms with E-state index in [0.29, 0.717) is 37.5 Å². The van der Waals surface area contributed by atoms with Crippen molar-refractivity contribution in [2.24, 2.45) is 0 Å². The maximum absolute atomic E-state index is 13.6. The third-order valence-electron chi connectivity index (χ3n) is 4.67. The van der Waals surface area contributed by atoms with Crippen molar-refractivity contribution in [3.63, 3.8) is 0 Å². The Hall–Kier alpha value is -2.67. The van der Waals surface area contributed by atoms with E-state index in [1.54, 1.807) is 35.2 Å². The SMILES string of the molecule is C[C@@H](C(=O)NCc1ccccc1F)N1CCN(C(=O)c2ccco2)CC1. The van der Waals surface area contributed by atoms with Gasteiger partial charge < -0.3 is 14.6 Å². The summed E-state index contributed by atoms with van der Waals surface area (Å²) in [7, 11) is 0. The lowest BCUT2D eigenvalue weighted by Crippen LogP contribution is -2.54. The fraction of sp³-hybridized carbons (Fsp3) is 0.368. The zero-order valence-corrected chi connectivity index (χ0v) is 14.7. The van der Waals surface area contributed by atoms with Crippen molar-refractivity contribution >= 4 is 11.8 Å². The van der Waals surface area contributed by atoms with Crippen molar-refractivity contribution in [3.05, 3.63) is 59.8 Å². The van der Waals surface area contributed by atoms with Gasteiger partial charge in [0.1, 0.15) is 5.82 Å². The summed E-state index contributed by atoms with van der Waals surface area (Å²) < 4.78 is 18.8. The van der Waals surface area contributed by atoms with E-state index < -0.39 is 0 Å². The first-order chi connectivity index (χ1) is 12.6. The van der Waals surface area contributed by atoms with E-state index >= 15 is 0 Å². The molecular weight excluding hydrogens is 337 g/mol. The molecule has 0 unspecified atom stereocenters. The number of halogens is 1. The Bertz CT molecular complexity index is 755. The normalized spacial score (nSPS) is 16.3. The zero-order chi connectivity index (χ0) is 18.5. The van der Waals surface area contributed by atoms with Crippen molar-refractivity contribution in [1.29, 1.82) is 0 Å². The van der Waals surface area contributed by atoms with Gasteiger partial charge in [-0.05, 0) is 25.1 Å². The van der Waals surface area contributed by atoms with E-state index in [0.717, 1.165) is 0 Å². The highest BCUT2D eigenvalue weighted by atomic mass is 19.1. The molecule has 7 heteroatoms. The minimum absolute atomic E-state index is 0.133. The Morgan fingerprint density at radius 2 is 1.88 bits per heavy atom. The molecule has 1 aromatic carbocycles. The van der Waals surface area contributed by atoms with Crippen molar-refractivity contribution in [3.8, 4) is 0 Å². The molecule has 26 heavy (non-hydrogen) atoms. The van der Waals surface area contributed by atoms with Crippen LogP contribution >= 0.6 is 0 Å². The number of nitrogens with zero attached hydrogens (tertiary/aromatic N) is 2. The van der Waals surface area contributed by atoms with E-state index in [2.05, 4.69) is 5.32 Å². The zero-order valence-electron chi connectivity index (χ0n) is 14.7. The lowest BCUT2D eigenvalue weighted by Gasteiger charge is -2.37. The quantitative estimate of drug-likeness (QED) is 0.885. The summed E-state index contributed by atoms with van der Waals surface area (Å²) in [4.78, 5) is 28.4. The molecule has 1 saturated heterocycles. The number of carbonyl (C=O) groups is 2. The highest BCUT2D eigenvalue weighted by Crippen LogP contribution is 2.12. The third kappa shape index (κ3) is 4.11. The average Bonchev–Trinajstić information content (AvgIpc) is 3.21. The first-order valence-corrected chi connectivity index (χ1v) is 8.64. The number of furan rings is 1. The van der Waals surface area contributed by atoms with Gasteiger partial charge in [0.05, 0.1) is 12.3 Å². The lowest BCUT2D eigenvalue weighted by atomic mass is 10.2. The molecule has 0 saturated carbocycles. The van der Waals surface area contributed by atoms with Gasteiger partial charge in [-0.15, -0.1) is 0 Å². The van der Waals surface area contributed by atoms with Crippen molar-refractivity contribution in [2.75, 3.05) is 26.2 Å². The van der Waals surface area contributed by atoms with Crippen LogP contribution in [0.5, 0.6) is 0 Å². The van der Waals surface area contributed by atoms with Crippen LogP contribution in [-0.2, 0) is 11.3 Å². The molecule has 3 rings (SSSR count). The number of hydrogen-bond acceptors (Lipinski definition) is 4. The molecule has 2 heterocycles. The maximum Gasteiger partial charge on any atom is 0.289 e. The Kier molecular flexibility index (Phi) is 5.68. The summed E-state index contributed by atoms with van der Waals surface area (Å²) in [5.74, 6) is -0.287. The first kappa shape index (κ1) is 18.1. The van der Waals surface area contributed by atoms with E-state index in [9.17, 15) is 14.0 Å². The van der Waals surface area contributed by atoms with Crippen LogP contribution in [-0.4, -0.2) is 53.8 Å². The van der Waals surface area contributed by atoms with Gasteiger partial charge in [0.15, 0.2) is 5.76 Å². The summed E-state index contributed by atoms with van der Waals surface area (Å²) in [6.45, 7) is 4.24. The van der Waals surface area contributed by atoms with Crippen LogP contribution in [0, 0.1) is 5.82 Å². The predicted octanol–water partition coefficient (Wildman–Crippen LogP) is 1.88. The van der Waals surface area contributed by atoms with Crippen LogP contribution in [0.4, 0.5) is 4.39 Å². The van der Waals surface area contributed by atoms with Gasteiger partial charge in [-0.3, -0.25) is 14.5 Å². The number of benzene rings is 1. The van der Waals surface area contributed by atoms with E-state index in [4.69, 9.17) is 4.42 Å². The molecule has 0 bridgehead atoms. The molecular formula is C19H22FN3O3. The number of carbonyl (C=O) groups excluding carboxylic acids is 2. The fourth-order valence-electron chi connectivity index (χ4n) is 3.01. The molecule has 1 N–H and O–H groups in total. The number of hydrogen-bond donors (Lipinski definition) is 1. The van der Waals surface area contributed by atoms with Crippen molar-refractivity contribution in [2.45, 2.75) is 19.5 Å². The largest absolute Gasteiger partial charge is 0.459 e. The molecule has 1 aliphatic rings. The summed E-state index contributed by atoms with van der Waals surface area (Å²) in [5, 5.41) is 2.78. The van der Waals surface area contributed by atoms with Gasteiger partial charge in [-0.25, -0.2) is 4.39 Å². The molecule has 138 valence electrons. The molecule has 1 fully saturated rings. The van der Waals surface area contributed by atoms with E-state index in [-0.39, 0.29) is 30.2 Å². The van der Waals surface area contributed by atoms with Crippen LogP contribution in [0.2, 0.25) is 0 Å². The van der Waals surface area contributed by atoms with Crippen LogP contribution < -0.4 is 5.32 Å². The third-order valence-corrected chi connectivity index (χ3v) is 4.67. The van der Waals surface area contributed by atoms with Crippen molar-refractivity contribution < 1.29 is 18.4 Å². The second-order valence-corrected chi connectivity index (χ2v) is 6.29. The van der Waals surface area contributed by atoms with Gasteiger partial charge in [0, 0.05) is 38.3 Å². The van der Waals surface area contributed by atoms with Gasteiger partial charge >= 0.3 is 0 Å². The summed E-state index contributed by atoms with van der Waals surface area (Å²) in [6, 6.07) is 9.37. The topological polar surface area (TPSA) is 65.8 Å². The molecule has 0 spiro atoms. The monoisotopic (exact) mass is 359 g/mol. The van der Waals surface area contributed by atoms with Crippen LogP contribution in [0.25, 0.3) is 0 Å². The first-order valence-electron chi connectivity index (χ1n) is 8.64. The predicted molar refractivity (Wildman–Crippen MR) is 93.9 cm³/mol. The van der Waals surface area contributed by atoms with Crippen LogP contribution in [0.3, 0.4) is 0 Å². The average molecular weight is 359 g/mol. The highest BCUT2D eigenvalue weighted by molar-refractivity contribution is 5.91. The Morgan fingerprint density at radius 1 is 1.15 bits per heavy atom. The Balaban J connectivity index is 1.48. The Labute approximate surface area is 151 Å². The maximum atomic E-state index is 13.6. The standard InChI is InChI=1S/C19H22FN3O3/c1-14(18(24)21-13-15-5-2-3-6-16(15)20)22-8-10-23(11-9-22)19(25)17-7-4-12-26-17/h2-7,12,14H,8-11,13H2,1H3,(H,21,24)/t14-/m0/s1. The van der Waals surface area contributed by atoms with Gasteiger partial charge in [0.2, 0.25) is 5.91 Å². The molecule has 1 aromatic heterocycles. The molecule has 0 aliphatic carbocycles. The van der Waals surface area contributed by atoms with E-state index in [1.165, 1.54) is 12.3 Å². The molecule has 6 nitrogen and oxygen atoms in total. The van der Waals surface area contributed by atoms with Gasteiger partial charge in [0.25, 0.3) is 5.91 Å². The highest BCUT2D eigenvalue weighted by Gasteiger charge is 2.28. The van der Waals surface area contributed by atoms with Crippen LogP contribution in [0.15, 0.2) is 47.1 Å². The second-order valence-electron chi connectivity index (χ2n) is 6.29. The Morgan fingerprint density at radius 3 is 2.54 bits per heavy atom. The van der Waals surface area contributed by atoms with Crippen LogP contribution in [0.1, 0.15) is 23.0 Å². The molecule has 2 amide bonds. The molecule has 1 aliphatic heterocycles. The molecule has 1 atom stereocenters. The smallest absolute Gasteiger partial charge is 0.289 e. The lowest BCUT2D eigenvalue weighted by molar-refractivity contribution is -0.126. The number of amides is 2. The summed E-state index contributed by atoms with van der Waals surface area (Å²) in [5.41, 5.74) is 0.460. The second kappa shape index (κ2) is 8.14.